The molecule has 1 aromatic carbocycles. The van der Waals surface area contributed by atoms with E-state index >= 15 is 0 Å². The highest BCUT2D eigenvalue weighted by atomic mass is 79.9. The maximum Gasteiger partial charge on any atom is 0.0634 e. The molecule has 0 spiro atoms. The maximum absolute atomic E-state index is 3.74. The molecule has 3 heteroatoms. The lowest BCUT2D eigenvalue weighted by Crippen LogP contribution is -2.17. The molecule has 0 saturated heterocycles. The zero-order chi connectivity index (χ0) is 13.1. The third-order valence-electron chi connectivity index (χ3n) is 3.87. The molecule has 1 saturated carbocycles. The summed E-state index contributed by atoms with van der Waals surface area (Å²) >= 11 is 5.41. The van der Waals surface area contributed by atoms with Crippen molar-refractivity contribution in [3.05, 3.63) is 51.1 Å². The average Bonchev–Trinajstić information content (AvgIpc) is 3.10. The molecule has 1 aliphatic carbocycles. The number of thiophene rings is 1. The molecule has 1 aromatic heterocycles. The minimum atomic E-state index is 0.469. The first kappa shape index (κ1) is 13.2. The number of benzene rings is 1. The van der Waals surface area contributed by atoms with Crippen molar-refractivity contribution in [3.63, 3.8) is 0 Å². The first-order valence-corrected chi connectivity index (χ1v) is 8.56. The molecule has 0 radical (unpaired) electrons. The van der Waals surface area contributed by atoms with Gasteiger partial charge >= 0.3 is 0 Å². The van der Waals surface area contributed by atoms with E-state index in [-0.39, 0.29) is 0 Å². The van der Waals surface area contributed by atoms with Crippen LogP contribution in [-0.2, 0) is 0 Å². The second-order valence-corrected chi connectivity index (χ2v) is 7.09. The Morgan fingerprint density at radius 1 is 1.16 bits per heavy atom. The molecular formula is C16H18BrNS. The van der Waals surface area contributed by atoms with E-state index in [0.717, 1.165) is 10.4 Å². The fourth-order valence-corrected chi connectivity index (χ4v) is 4.21. The Hall–Kier alpha value is -0.800. The van der Waals surface area contributed by atoms with Crippen LogP contribution in [0.1, 0.15) is 36.6 Å². The second kappa shape index (κ2) is 6.10. The summed E-state index contributed by atoms with van der Waals surface area (Å²) in [5.74, 6) is 0.776. The molecule has 19 heavy (non-hydrogen) atoms. The van der Waals surface area contributed by atoms with Crippen LogP contribution in [0.4, 0.5) is 5.69 Å². The Kier molecular flexibility index (Phi) is 4.24. The van der Waals surface area contributed by atoms with Crippen LogP contribution in [0.2, 0.25) is 0 Å². The molecule has 3 rings (SSSR count). The fraction of sp³-hybridized carbons (Fsp3) is 0.375. The smallest absolute Gasteiger partial charge is 0.0634 e. The van der Waals surface area contributed by atoms with Gasteiger partial charge in [-0.05, 0) is 48.4 Å². The van der Waals surface area contributed by atoms with E-state index in [4.69, 9.17) is 0 Å². The largest absolute Gasteiger partial charge is 0.377 e. The molecule has 0 amide bonds. The van der Waals surface area contributed by atoms with E-state index in [0.29, 0.717) is 6.04 Å². The summed E-state index contributed by atoms with van der Waals surface area (Å²) in [6.45, 7) is 0. The van der Waals surface area contributed by atoms with Gasteiger partial charge in [0, 0.05) is 15.0 Å². The minimum absolute atomic E-state index is 0.469. The zero-order valence-electron chi connectivity index (χ0n) is 10.8. The molecule has 0 aliphatic heterocycles. The van der Waals surface area contributed by atoms with Gasteiger partial charge in [0.15, 0.2) is 0 Å². The summed E-state index contributed by atoms with van der Waals surface area (Å²) in [5, 5.41) is 5.93. The van der Waals surface area contributed by atoms with E-state index in [2.05, 4.69) is 63.0 Å². The van der Waals surface area contributed by atoms with Gasteiger partial charge in [0.25, 0.3) is 0 Å². The van der Waals surface area contributed by atoms with Crippen LogP contribution in [0.25, 0.3) is 0 Å². The van der Waals surface area contributed by atoms with Crippen molar-refractivity contribution in [2.24, 2.45) is 5.92 Å². The highest BCUT2D eigenvalue weighted by Crippen LogP contribution is 2.39. The number of hydrogen-bond donors (Lipinski definition) is 1. The summed E-state index contributed by atoms with van der Waals surface area (Å²) in [7, 11) is 0. The van der Waals surface area contributed by atoms with Crippen LogP contribution in [0.3, 0.4) is 0 Å². The van der Waals surface area contributed by atoms with Crippen molar-refractivity contribution in [2.45, 2.75) is 31.7 Å². The minimum Gasteiger partial charge on any atom is -0.377 e. The van der Waals surface area contributed by atoms with Crippen LogP contribution in [0.15, 0.2) is 46.3 Å². The lowest BCUT2D eigenvalue weighted by atomic mass is 9.96. The van der Waals surface area contributed by atoms with E-state index in [1.807, 2.05) is 11.3 Å². The van der Waals surface area contributed by atoms with Crippen molar-refractivity contribution in [3.8, 4) is 0 Å². The van der Waals surface area contributed by atoms with E-state index in [1.165, 1.54) is 36.2 Å². The highest BCUT2D eigenvalue weighted by molar-refractivity contribution is 9.10. The van der Waals surface area contributed by atoms with Crippen molar-refractivity contribution in [2.75, 3.05) is 5.32 Å². The maximum atomic E-state index is 3.74. The van der Waals surface area contributed by atoms with Gasteiger partial charge in [0.05, 0.1) is 6.04 Å². The summed E-state index contributed by atoms with van der Waals surface area (Å²) in [5.41, 5.74) is 1.21. The van der Waals surface area contributed by atoms with Crippen LogP contribution in [0, 0.1) is 5.92 Å². The number of halogens is 1. The van der Waals surface area contributed by atoms with Crippen molar-refractivity contribution in [1.82, 2.24) is 0 Å². The molecular weight excluding hydrogens is 318 g/mol. The molecule has 1 aliphatic rings. The molecule has 1 fully saturated rings. The van der Waals surface area contributed by atoms with Crippen molar-refractivity contribution >= 4 is 33.0 Å². The third kappa shape index (κ3) is 3.21. The number of nitrogens with one attached hydrogen (secondary N) is 1. The Morgan fingerprint density at radius 3 is 2.68 bits per heavy atom. The molecule has 1 N–H and O–H groups in total. The standard InChI is InChI=1S/C16H18BrNS/c17-13-7-3-8-14(11-13)18-16(12-5-1-2-6-12)15-9-4-10-19-15/h3-4,7-12,16,18H,1-2,5-6H2. The van der Waals surface area contributed by atoms with Gasteiger partial charge in [-0.15, -0.1) is 11.3 Å². The van der Waals surface area contributed by atoms with Gasteiger partial charge in [-0.1, -0.05) is 40.9 Å². The average molecular weight is 336 g/mol. The monoisotopic (exact) mass is 335 g/mol. The Labute approximate surface area is 127 Å². The van der Waals surface area contributed by atoms with E-state index in [9.17, 15) is 0 Å². The fourth-order valence-electron chi connectivity index (χ4n) is 2.94. The van der Waals surface area contributed by atoms with Crippen molar-refractivity contribution in [1.29, 1.82) is 0 Å². The van der Waals surface area contributed by atoms with Gasteiger partial charge < -0.3 is 5.32 Å². The third-order valence-corrected chi connectivity index (χ3v) is 5.32. The Bertz CT molecular complexity index is 517. The molecule has 2 aromatic rings. The molecule has 1 atom stereocenters. The molecule has 1 unspecified atom stereocenters. The summed E-state index contributed by atoms with van der Waals surface area (Å²) in [6, 6.07) is 13.4. The topological polar surface area (TPSA) is 12.0 Å². The SMILES string of the molecule is Brc1cccc(NC(c2cccs2)C2CCCC2)c1. The van der Waals surface area contributed by atoms with Crippen molar-refractivity contribution < 1.29 is 0 Å². The zero-order valence-corrected chi connectivity index (χ0v) is 13.2. The van der Waals surface area contributed by atoms with Gasteiger partial charge in [0.2, 0.25) is 0 Å². The number of anilines is 1. The van der Waals surface area contributed by atoms with Crippen LogP contribution in [-0.4, -0.2) is 0 Å². The van der Waals surface area contributed by atoms with E-state index in [1.54, 1.807) is 0 Å². The molecule has 1 heterocycles. The summed E-state index contributed by atoms with van der Waals surface area (Å²) < 4.78 is 1.13. The summed E-state index contributed by atoms with van der Waals surface area (Å²) in [4.78, 5) is 1.46. The van der Waals surface area contributed by atoms with Gasteiger partial charge in [0.1, 0.15) is 0 Å². The van der Waals surface area contributed by atoms with Gasteiger partial charge in [-0.25, -0.2) is 0 Å². The first-order valence-electron chi connectivity index (χ1n) is 6.88. The van der Waals surface area contributed by atoms with E-state index < -0.39 is 0 Å². The lowest BCUT2D eigenvalue weighted by molar-refractivity contribution is 0.475. The van der Waals surface area contributed by atoms with Crippen LogP contribution in [0.5, 0.6) is 0 Å². The molecule has 100 valence electrons. The predicted octanol–water partition coefficient (Wildman–Crippen LogP) is 5.85. The van der Waals surface area contributed by atoms with Crippen LogP contribution >= 0.6 is 27.3 Å². The van der Waals surface area contributed by atoms with Gasteiger partial charge in [-0.3, -0.25) is 0 Å². The first-order chi connectivity index (χ1) is 9.33. The number of rotatable bonds is 4. The normalized spacial score (nSPS) is 17.5. The number of hydrogen-bond acceptors (Lipinski definition) is 2. The van der Waals surface area contributed by atoms with Gasteiger partial charge in [-0.2, -0.15) is 0 Å². The molecule has 0 bridgehead atoms. The van der Waals surface area contributed by atoms with Crippen LogP contribution < -0.4 is 5.32 Å². The lowest BCUT2D eigenvalue weighted by Gasteiger charge is -2.25. The summed E-state index contributed by atoms with van der Waals surface area (Å²) in [6.07, 6.45) is 5.46. The molecule has 1 nitrogen and oxygen atoms in total. The Morgan fingerprint density at radius 2 is 2.00 bits per heavy atom. The highest BCUT2D eigenvalue weighted by Gasteiger charge is 2.26. The Balaban J connectivity index is 1.83. The second-order valence-electron chi connectivity index (χ2n) is 5.19. The quantitative estimate of drug-likeness (QED) is 0.738. The predicted molar refractivity (Wildman–Crippen MR) is 86.8 cm³/mol.